The third-order valence-corrected chi connectivity index (χ3v) is 6.83. The monoisotopic (exact) mass is 601 g/mol. The third kappa shape index (κ3) is 5.13. The van der Waals surface area contributed by atoms with Crippen LogP contribution in [0.3, 0.4) is 0 Å². The summed E-state index contributed by atoms with van der Waals surface area (Å²) in [5.74, 6) is -0.660. The van der Waals surface area contributed by atoms with Crippen molar-refractivity contribution < 1.29 is 26.6 Å². The van der Waals surface area contributed by atoms with Crippen molar-refractivity contribution in [2.45, 2.75) is 25.6 Å². The van der Waals surface area contributed by atoms with Gasteiger partial charge in [0, 0.05) is 47.4 Å². The Labute approximate surface area is 238 Å². The van der Waals surface area contributed by atoms with Crippen LogP contribution in [0, 0.1) is 5.82 Å². The van der Waals surface area contributed by atoms with Crippen LogP contribution in [0.4, 0.5) is 22.0 Å². The highest BCUT2D eigenvalue weighted by Gasteiger charge is 2.24. The molecule has 0 fully saturated rings. The van der Waals surface area contributed by atoms with E-state index in [0.717, 1.165) is 6.20 Å². The Morgan fingerprint density at radius 1 is 0.905 bits per heavy atom. The lowest BCUT2D eigenvalue weighted by Crippen LogP contribution is -2.33. The highest BCUT2D eigenvalue weighted by Crippen LogP contribution is 2.33. The second-order valence-corrected chi connectivity index (χ2v) is 9.46. The summed E-state index contributed by atoms with van der Waals surface area (Å²) in [5, 5.41) is 18.5. The van der Waals surface area contributed by atoms with Gasteiger partial charge in [0.1, 0.15) is 0 Å². The van der Waals surface area contributed by atoms with E-state index in [1.54, 1.807) is 24.4 Å². The molecule has 0 bridgehead atoms. The number of nitrogens with zero attached hydrogens (tertiary/aromatic N) is 9. The molecule has 42 heavy (non-hydrogen) atoms. The van der Waals surface area contributed by atoms with E-state index in [1.807, 2.05) is 0 Å². The molecular formula is C26H19ClF5N10+. The number of alkyl halides is 4. The molecule has 1 N–H and O–H groups in total. The molecule has 5 heterocycles. The summed E-state index contributed by atoms with van der Waals surface area (Å²) < 4.78 is 72.6. The molecule has 0 aliphatic heterocycles. The highest BCUT2D eigenvalue weighted by molar-refractivity contribution is 6.31. The van der Waals surface area contributed by atoms with E-state index in [4.69, 9.17) is 11.6 Å². The van der Waals surface area contributed by atoms with Gasteiger partial charge >= 0.3 is 13.1 Å². The standard InChI is InChI=1S/C26H18ClF5N10/c27-18-2-4-21(39-10-8-34-38-39)23(24(18)28)15-1-3-19(33-12-15)22(11-17-6-9-40(37-17)25(29)30)41-14-16(13-36-41)20-5-7-35-42(20)26(31)32/h1-10,12-14,22,25-26H,11H2/p+1/t22-/m1/s1. The zero-order chi connectivity index (χ0) is 29.4. The molecule has 0 saturated carbocycles. The van der Waals surface area contributed by atoms with Crippen LogP contribution in [0.5, 0.6) is 0 Å². The first-order valence-corrected chi connectivity index (χ1v) is 12.7. The van der Waals surface area contributed by atoms with Crippen LogP contribution in [-0.4, -0.2) is 44.6 Å². The molecule has 1 aromatic carbocycles. The maximum atomic E-state index is 15.3. The topological polar surface area (TPSA) is 98.9 Å². The lowest BCUT2D eigenvalue weighted by molar-refractivity contribution is -0.659. The summed E-state index contributed by atoms with van der Waals surface area (Å²) in [5.41, 5.74) is 2.25. The molecular weight excluding hydrogens is 583 g/mol. The molecule has 1 atom stereocenters. The number of halogens is 6. The normalized spacial score (nSPS) is 12.5. The van der Waals surface area contributed by atoms with Crippen molar-refractivity contribution >= 4 is 11.6 Å². The Balaban J connectivity index is 1.40. The predicted molar refractivity (Wildman–Crippen MR) is 138 cm³/mol. The Morgan fingerprint density at radius 3 is 2.45 bits per heavy atom. The molecule has 0 amide bonds. The van der Waals surface area contributed by atoms with Gasteiger partial charge in [0.2, 0.25) is 6.20 Å². The van der Waals surface area contributed by atoms with E-state index in [9.17, 15) is 17.6 Å². The Hall–Kier alpha value is -4.92. The lowest BCUT2D eigenvalue weighted by atomic mass is 10.0. The molecule has 5 aromatic heterocycles. The molecule has 0 spiro atoms. The third-order valence-electron chi connectivity index (χ3n) is 6.54. The zero-order valence-corrected chi connectivity index (χ0v) is 22.0. The molecule has 6 aromatic rings. The van der Waals surface area contributed by atoms with E-state index in [-0.39, 0.29) is 22.7 Å². The van der Waals surface area contributed by atoms with Crippen LogP contribution in [0.25, 0.3) is 28.1 Å². The first-order chi connectivity index (χ1) is 20.3. The Bertz CT molecular complexity index is 1810. The fourth-order valence-electron chi connectivity index (χ4n) is 4.59. The first kappa shape index (κ1) is 27.3. The minimum atomic E-state index is -2.86. The van der Waals surface area contributed by atoms with Crippen molar-refractivity contribution in [2.24, 2.45) is 0 Å². The molecule has 0 aliphatic rings. The van der Waals surface area contributed by atoms with Crippen LogP contribution < -0.4 is 4.68 Å². The first-order valence-electron chi connectivity index (χ1n) is 12.3. The molecule has 0 aliphatic carbocycles. The zero-order valence-electron chi connectivity index (χ0n) is 21.2. The Kier molecular flexibility index (Phi) is 7.24. The van der Waals surface area contributed by atoms with Gasteiger partial charge in [0.05, 0.1) is 39.9 Å². The van der Waals surface area contributed by atoms with E-state index in [2.05, 4.69) is 30.6 Å². The summed E-state index contributed by atoms with van der Waals surface area (Å²) in [4.78, 5) is 4.55. The van der Waals surface area contributed by atoms with Crippen LogP contribution in [-0.2, 0) is 6.42 Å². The summed E-state index contributed by atoms with van der Waals surface area (Å²) >= 11 is 6.09. The number of aromatic amines is 1. The van der Waals surface area contributed by atoms with E-state index < -0.39 is 25.0 Å². The van der Waals surface area contributed by atoms with Crippen LogP contribution >= 0.6 is 11.6 Å². The SMILES string of the molecule is Fc1c(Cl)ccc(-[n+]2ccn[nH]2)c1-c1ccc([C@@H](Cc2ccn(C(F)F)n2)n2cc(-c3ccnn3C(F)F)cn2)nc1. The average molecular weight is 602 g/mol. The number of aromatic nitrogens is 10. The fraction of sp³-hybridized carbons (Fsp3) is 0.154. The highest BCUT2D eigenvalue weighted by atomic mass is 35.5. The summed E-state index contributed by atoms with van der Waals surface area (Å²) in [6, 6.07) is 8.50. The van der Waals surface area contributed by atoms with Crippen molar-refractivity contribution in [1.29, 1.82) is 0 Å². The fourth-order valence-corrected chi connectivity index (χ4v) is 4.75. The number of benzene rings is 1. The van der Waals surface area contributed by atoms with Gasteiger partial charge < -0.3 is 0 Å². The molecule has 0 saturated heterocycles. The molecule has 10 nitrogen and oxygen atoms in total. The van der Waals surface area contributed by atoms with Crippen molar-refractivity contribution in [3.05, 3.63) is 102 Å². The molecule has 6 rings (SSSR count). The summed E-state index contributed by atoms with van der Waals surface area (Å²) in [6.45, 7) is -5.69. The van der Waals surface area contributed by atoms with E-state index in [0.29, 0.717) is 37.6 Å². The predicted octanol–water partition coefficient (Wildman–Crippen LogP) is 5.42. The van der Waals surface area contributed by atoms with Crippen LogP contribution in [0.1, 0.15) is 30.5 Å². The minimum absolute atomic E-state index is 0.0854. The number of pyridine rings is 1. The molecule has 0 unspecified atom stereocenters. The number of H-pyrrole nitrogens is 1. The second kappa shape index (κ2) is 11.2. The number of rotatable bonds is 9. The number of hydrogen-bond acceptors (Lipinski definition) is 5. The Morgan fingerprint density at radius 2 is 1.76 bits per heavy atom. The van der Waals surface area contributed by atoms with Gasteiger partial charge in [-0.2, -0.15) is 32.9 Å². The maximum Gasteiger partial charge on any atom is 0.333 e. The summed E-state index contributed by atoms with van der Waals surface area (Å²) in [7, 11) is 0. The van der Waals surface area contributed by atoms with E-state index in [1.165, 1.54) is 58.5 Å². The molecule has 0 radical (unpaired) electrons. The van der Waals surface area contributed by atoms with Crippen LogP contribution in [0.15, 0.2) is 79.8 Å². The van der Waals surface area contributed by atoms with Crippen molar-refractivity contribution in [2.75, 3.05) is 0 Å². The van der Waals surface area contributed by atoms with Gasteiger partial charge in [-0.05, 0) is 30.3 Å². The number of hydrogen-bond donors (Lipinski definition) is 1. The van der Waals surface area contributed by atoms with Crippen molar-refractivity contribution in [3.63, 3.8) is 0 Å². The van der Waals surface area contributed by atoms with Gasteiger partial charge in [-0.3, -0.25) is 9.67 Å². The van der Waals surface area contributed by atoms with Crippen molar-refractivity contribution in [3.8, 4) is 28.1 Å². The van der Waals surface area contributed by atoms with Crippen LogP contribution in [0.2, 0.25) is 5.02 Å². The average Bonchev–Trinajstić information content (AvgIpc) is 3.80. The molecule has 214 valence electrons. The van der Waals surface area contributed by atoms with Gasteiger partial charge in [-0.25, -0.2) is 13.8 Å². The summed E-state index contributed by atoms with van der Waals surface area (Å²) in [6.07, 6.45) is 9.97. The van der Waals surface area contributed by atoms with E-state index >= 15 is 4.39 Å². The van der Waals surface area contributed by atoms with Gasteiger partial charge in [-0.1, -0.05) is 22.9 Å². The van der Waals surface area contributed by atoms with Gasteiger partial charge in [0.15, 0.2) is 17.7 Å². The maximum absolute atomic E-state index is 15.3. The van der Waals surface area contributed by atoms with Crippen molar-refractivity contribution in [1.82, 2.24) is 44.6 Å². The van der Waals surface area contributed by atoms with Gasteiger partial charge in [0.25, 0.3) is 0 Å². The quantitative estimate of drug-likeness (QED) is 0.176. The lowest BCUT2D eigenvalue weighted by Gasteiger charge is -2.17. The molecule has 16 heteroatoms. The largest absolute Gasteiger partial charge is 0.333 e. The number of nitrogens with one attached hydrogen (secondary N) is 1. The smallest absolute Gasteiger partial charge is 0.263 e. The second-order valence-electron chi connectivity index (χ2n) is 9.06. The van der Waals surface area contributed by atoms with Gasteiger partial charge in [-0.15, -0.1) is 4.68 Å². The minimum Gasteiger partial charge on any atom is -0.263 e.